The summed E-state index contributed by atoms with van der Waals surface area (Å²) in [6.45, 7) is 10.6. The number of nitrogens with zero attached hydrogens (tertiary/aromatic N) is 3. The van der Waals surface area contributed by atoms with Gasteiger partial charge in [0.25, 0.3) is 0 Å². The molecule has 0 spiro atoms. The second-order valence-electron chi connectivity index (χ2n) is 11.5. The first-order chi connectivity index (χ1) is 21.4. The Morgan fingerprint density at radius 3 is 1.05 bits per heavy atom. The lowest BCUT2D eigenvalue weighted by atomic mass is 9.92. The van der Waals surface area contributed by atoms with Gasteiger partial charge in [0.05, 0.1) is 58.9 Å². The molecule has 44 heavy (non-hydrogen) atoms. The van der Waals surface area contributed by atoms with Gasteiger partial charge in [-0.25, -0.2) is 0 Å². The van der Waals surface area contributed by atoms with Crippen molar-refractivity contribution in [3.8, 4) is 0 Å². The normalized spacial score (nSPS) is 18.8. The molecule has 0 N–H and O–H groups in total. The predicted octanol–water partition coefficient (Wildman–Crippen LogP) is 0.113. The smallest absolute Gasteiger partial charge is 0.307 e. The molecule has 14 heteroatoms. The molecule has 0 radical (unpaired) electrons. The van der Waals surface area contributed by atoms with Crippen molar-refractivity contribution in [3.05, 3.63) is 0 Å². The van der Waals surface area contributed by atoms with Gasteiger partial charge in [-0.3, -0.25) is 33.9 Å². The van der Waals surface area contributed by atoms with Gasteiger partial charge in [-0.2, -0.15) is 0 Å². The minimum Gasteiger partial charge on any atom is -0.465 e. The lowest BCUT2D eigenvalue weighted by Gasteiger charge is -2.32. The van der Waals surface area contributed by atoms with Gasteiger partial charge in [-0.05, 0) is 6.42 Å². The lowest BCUT2D eigenvalue weighted by Crippen LogP contribution is -2.45. The van der Waals surface area contributed by atoms with Crippen LogP contribution in [0.1, 0.15) is 39.0 Å². The second-order valence-corrected chi connectivity index (χ2v) is 11.5. The number of hydrogen-bond acceptors (Lipinski definition) is 14. The van der Waals surface area contributed by atoms with E-state index in [-0.39, 0.29) is 52.1 Å². The number of hydrogen-bond donors (Lipinski definition) is 0. The van der Waals surface area contributed by atoms with Crippen LogP contribution in [0.4, 0.5) is 0 Å². The van der Waals surface area contributed by atoms with E-state index < -0.39 is 29.3 Å². The van der Waals surface area contributed by atoms with Crippen molar-refractivity contribution in [2.75, 3.05) is 125 Å². The molecule has 14 nitrogen and oxygen atoms in total. The van der Waals surface area contributed by atoms with E-state index in [1.807, 2.05) is 6.92 Å². The minimum absolute atomic E-state index is 0.157. The second kappa shape index (κ2) is 20.6. The number of carbonyl (C=O) groups excluding carboxylic acids is 4. The zero-order valence-corrected chi connectivity index (χ0v) is 26.3. The fourth-order valence-electron chi connectivity index (χ4n) is 4.90. The summed E-state index contributed by atoms with van der Waals surface area (Å²) < 4.78 is 38.6. The highest BCUT2D eigenvalue weighted by atomic mass is 16.6. The Kier molecular flexibility index (Phi) is 16.9. The average Bonchev–Trinajstić information content (AvgIpc) is 3.06. The van der Waals surface area contributed by atoms with Crippen molar-refractivity contribution < 1.29 is 52.3 Å². The van der Waals surface area contributed by atoms with Crippen LogP contribution in [0.5, 0.6) is 0 Å². The Balaban J connectivity index is 1.61. The summed E-state index contributed by atoms with van der Waals surface area (Å²) in [6.07, 6.45) is 1.27. The van der Waals surface area contributed by atoms with Crippen molar-refractivity contribution in [3.63, 3.8) is 0 Å². The lowest BCUT2D eigenvalue weighted by molar-refractivity contribution is -0.171. The molecule has 0 saturated carbocycles. The molecule has 3 aliphatic rings. The van der Waals surface area contributed by atoms with Gasteiger partial charge < -0.3 is 33.2 Å². The minimum atomic E-state index is -1.26. The first kappa shape index (κ1) is 36.1. The fraction of sp³-hybridized carbons (Fsp3) is 0.867. The van der Waals surface area contributed by atoms with E-state index in [2.05, 4.69) is 14.7 Å². The molecule has 0 aliphatic carbocycles. The zero-order chi connectivity index (χ0) is 31.5. The van der Waals surface area contributed by atoms with Crippen LogP contribution in [0.3, 0.4) is 0 Å². The largest absolute Gasteiger partial charge is 0.465 e. The first-order valence-corrected chi connectivity index (χ1v) is 15.9. The summed E-state index contributed by atoms with van der Waals surface area (Å²) in [4.78, 5) is 57.0. The Morgan fingerprint density at radius 2 is 0.773 bits per heavy atom. The Hall–Kier alpha value is -2.36. The van der Waals surface area contributed by atoms with Crippen molar-refractivity contribution >= 4 is 23.9 Å². The molecule has 3 saturated heterocycles. The van der Waals surface area contributed by atoms with E-state index in [9.17, 15) is 19.2 Å². The van der Waals surface area contributed by atoms with E-state index in [0.29, 0.717) is 65.7 Å². The SMILES string of the molecule is CCCC(=O)OCC(COC(=O)CCN1CCOCC1)(COC(=O)CCN1CCOCC1)COC(=O)CCN1CCOCC1. The predicted molar refractivity (Wildman–Crippen MR) is 157 cm³/mol. The molecule has 3 heterocycles. The molecule has 252 valence electrons. The van der Waals surface area contributed by atoms with Gasteiger partial charge in [0, 0.05) is 65.3 Å². The number of carbonyl (C=O) groups is 4. The van der Waals surface area contributed by atoms with Crippen LogP contribution in [0.15, 0.2) is 0 Å². The summed E-state index contributed by atoms with van der Waals surface area (Å²) >= 11 is 0. The van der Waals surface area contributed by atoms with Gasteiger partial charge in [0.1, 0.15) is 31.8 Å². The summed E-state index contributed by atoms with van der Waals surface area (Å²) in [5.74, 6) is -1.78. The highest BCUT2D eigenvalue weighted by molar-refractivity contribution is 5.71. The molecular formula is C30H51N3O11. The van der Waals surface area contributed by atoms with Gasteiger partial charge in [-0.1, -0.05) is 6.92 Å². The van der Waals surface area contributed by atoms with Crippen LogP contribution in [0.25, 0.3) is 0 Å². The van der Waals surface area contributed by atoms with Crippen LogP contribution < -0.4 is 0 Å². The molecule has 0 unspecified atom stereocenters. The van der Waals surface area contributed by atoms with Crippen molar-refractivity contribution in [1.29, 1.82) is 0 Å². The van der Waals surface area contributed by atoms with Gasteiger partial charge >= 0.3 is 23.9 Å². The maximum Gasteiger partial charge on any atom is 0.307 e. The van der Waals surface area contributed by atoms with Crippen LogP contribution in [-0.4, -0.2) is 164 Å². The molecule has 0 amide bonds. The standard InChI is InChI=1S/C30H51N3O11/c1-2-3-26(34)41-22-30(23-42-27(35)4-7-31-10-16-38-17-11-31,24-43-28(36)5-8-32-12-18-39-19-13-32)25-44-29(37)6-9-33-14-20-40-21-15-33/h2-25H2,1H3. The molecule has 0 atom stereocenters. The van der Waals surface area contributed by atoms with Crippen LogP contribution in [0, 0.1) is 5.41 Å². The molecule has 0 aromatic carbocycles. The molecule has 0 aromatic heterocycles. The quantitative estimate of drug-likeness (QED) is 0.141. The van der Waals surface area contributed by atoms with Crippen LogP contribution >= 0.6 is 0 Å². The summed E-state index contributed by atoms with van der Waals surface area (Å²) in [7, 11) is 0. The maximum atomic E-state index is 12.8. The molecule has 3 rings (SSSR count). The third kappa shape index (κ3) is 14.6. The van der Waals surface area contributed by atoms with Crippen molar-refractivity contribution in [2.24, 2.45) is 5.41 Å². The number of esters is 4. The Labute approximate surface area is 260 Å². The summed E-state index contributed by atoms with van der Waals surface area (Å²) in [6, 6.07) is 0. The molecular weight excluding hydrogens is 578 g/mol. The Morgan fingerprint density at radius 1 is 0.500 bits per heavy atom. The summed E-state index contributed by atoms with van der Waals surface area (Å²) in [5, 5.41) is 0. The first-order valence-electron chi connectivity index (χ1n) is 15.9. The maximum absolute atomic E-state index is 12.8. The third-order valence-corrected chi connectivity index (χ3v) is 7.82. The van der Waals surface area contributed by atoms with Crippen molar-refractivity contribution in [1.82, 2.24) is 14.7 Å². The van der Waals surface area contributed by atoms with Crippen LogP contribution in [0.2, 0.25) is 0 Å². The topological polar surface area (TPSA) is 143 Å². The fourth-order valence-corrected chi connectivity index (χ4v) is 4.90. The van der Waals surface area contributed by atoms with E-state index in [4.69, 9.17) is 33.2 Å². The monoisotopic (exact) mass is 629 g/mol. The van der Waals surface area contributed by atoms with E-state index in [1.165, 1.54) is 0 Å². The van der Waals surface area contributed by atoms with Gasteiger partial charge in [0.2, 0.25) is 0 Å². The Bertz CT molecular complexity index is 779. The zero-order valence-electron chi connectivity index (χ0n) is 26.3. The van der Waals surface area contributed by atoms with Crippen molar-refractivity contribution in [2.45, 2.75) is 39.0 Å². The molecule has 3 aliphatic heterocycles. The van der Waals surface area contributed by atoms with Gasteiger partial charge in [0.15, 0.2) is 0 Å². The summed E-state index contributed by atoms with van der Waals surface area (Å²) in [5.41, 5.74) is -1.26. The third-order valence-electron chi connectivity index (χ3n) is 7.82. The molecule has 3 fully saturated rings. The van der Waals surface area contributed by atoms with E-state index >= 15 is 0 Å². The number of rotatable bonds is 19. The highest BCUT2D eigenvalue weighted by Gasteiger charge is 2.38. The average molecular weight is 630 g/mol. The number of ether oxygens (including phenoxy) is 7. The van der Waals surface area contributed by atoms with E-state index in [0.717, 1.165) is 39.3 Å². The van der Waals surface area contributed by atoms with E-state index in [1.54, 1.807) is 0 Å². The number of morpholine rings is 3. The van der Waals surface area contributed by atoms with Gasteiger partial charge in [-0.15, -0.1) is 0 Å². The molecule has 0 aromatic rings. The highest BCUT2D eigenvalue weighted by Crippen LogP contribution is 2.23. The van der Waals surface area contributed by atoms with Crippen LogP contribution in [-0.2, 0) is 52.3 Å². The molecule has 0 bridgehead atoms.